The summed E-state index contributed by atoms with van der Waals surface area (Å²) < 4.78 is 5.11. The second-order valence-corrected chi connectivity index (χ2v) is 6.74. The van der Waals surface area contributed by atoms with E-state index < -0.39 is 0 Å². The van der Waals surface area contributed by atoms with Gasteiger partial charge in [0.1, 0.15) is 5.01 Å². The first-order chi connectivity index (χ1) is 10.0. The molecule has 1 aromatic heterocycles. The molecule has 0 aliphatic carbocycles. The molecule has 0 saturated heterocycles. The van der Waals surface area contributed by atoms with Crippen LogP contribution in [0.1, 0.15) is 27.2 Å². The maximum Gasteiger partial charge on any atom is 0.115 e. The van der Waals surface area contributed by atoms with Gasteiger partial charge in [-0.25, -0.2) is 4.98 Å². The molecule has 0 bridgehead atoms. The molecule has 0 spiro atoms. The van der Waals surface area contributed by atoms with Crippen molar-refractivity contribution in [3.8, 4) is 0 Å². The van der Waals surface area contributed by atoms with Crippen molar-refractivity contribution in [2.75, 3.05) is 20.3 Å². The number of ether oxygens (including phenoxy) is 1. The van der Waals surface area contributed by atoms with Gasteiger partial charge in [-0.15, -0.1) is 11.3 Å². The van der Waals surface area contributed by atoms with Crippen molar-refractivity contribution in [2.45, 2.75) is 19.9 Å². The zero-order chi connectivity index (χ0) is 15.4. The number of aromatic nitrogens is 1. The Bertz CT molecular complexity index is 596. The van der Waals surface area contributed by atoms with Gasteiger partial charge in [0.05, 0.1) is 28.4 Å². The van der Waals surface area contributed by atoms with E-state index in [4.69, 9.17) is 27.9 Å². The van der Waals surface area contributed by atoms with Gasteiger partial charge in [0, 0.05) is 18.5 Å². The minimum Gasteiger partial charge on any atom is -0.383 e. The molecule has 0 saturated carbocycles. The number of benzene rings is 1. The lowest BCUT2D eigenvalue weighted by Crippen LogP contribution is -2.26. The lowest BCUT2D eigenvalue weighted by molar-refractivity contribution is 0.197. The summed E-state index contributed by atoms with van der Waals surface area (Å²) in [6, 6.07) is 5.59. The molecule has 0 amide bonds. The van der Waals surface area contributed by atoms with Crippen molar-refractivity contribution in [3.63, 3.8) is 0 Å². The molecule has 1 aromatic carbocycles. The third-order valence-electron chi connectivity index (χ3n) is 3.24. The highest BCUT2D eigenvalue weighted by Crippen LogP contribution is 2.35. The van der Waals surface area contributed by atoms with Crippen molar-refractivity contribution >= 4 is 34.5 Å². The number of nitrogens with zero attached hydrogens (tertiary/aromatic N) is 1. The fourth-order valence-electron chi connectivity index (χ4n) is 2.00. The second-order valence-electron chi connectivity index (χ2n) is 4.72. The minimum absolute atomic E-state index is 0.0799. The molecule has 3 nitrogen and oxygen atoms in total. The molecule has 1 unspecified atom stereocenters. The fraction of sp³-hybridized carbons (Fsp3) is 0.400. The van der Waals surface area contributed by atoms with E-state index in [0.29, 0.717) is 23.2 Å². The summed E-state index contributed by atoms with van der Waals surface area (Å²) >= 11 is 14.2. The molecule has 1 atom stereocenters. The SMILES string of the molecule is COCCNC(c1nc(C)c(C)s1)c1cccc(Cl)c1Cl. The lowest BCUT2D eigenvalue weighted by atomic mass is 10.1. The van der Waals surface area contributed by atoms with E-state index in [0.717, 1.165) is 16.3 Å². The molecular weight excluding hydrogens is 327 g/mol. The molecule has 1 heterocycles. The number of methoxy groups -OCH3 is 1. The Labute approximate surface area is 139 Å². The monoisotopic (exact) mass is 344 g/mol. The Kier molecular flexibility index (Phi) is 6.02. The van der Waals surface area contributed by atoms with Gasteiger partial charge in [0.15, 0.2) is 0 Å². The van der Waals surface area contributed by atoms with Gasteiger partial charge in [-0.1, -0.05) is 35.3 Å². The average Bonchev–Trinajstić information content (AvgIpc) is 2.78. The highest BCUT2D eigenvalue weighted by Gasteiger charge is 2.21. The van der Waals surface area contributed by atoms with Crippen LogP contribution in [0.5, 0.6) is 0 Å². The Morgan fingerprint density at radius 2 is 2.10 bits per heavy atom. The van der Waals surface area contributed by atoms with Crippen molar-refractivity contribution in [2.24, 2.45) is 0 Å². The highest BCUT2D eigenvalue weighted by atomic mass is 35.5. The number of hydrogen-bond acceptors (Lipinski definition) is 4. The largest absolute Gasteiger partial charge is 0.383 e. The summed E-state index contributed by atoms with van der Waals surface area (Å²) in [5.74, 6) is 0. The number of hydrogen-bond donors (Lipinski definition) is 1. The fourth-order valence-corrected chi connectivity index (χ4v) is 3.43. The average molecular weight is 345 g/mol. The third-order valence-corrected chi connectivity index (χ3v) is 5.21. The first-order valence-electron chi connectivity index (χ1n) is 6.64. The van der Waals surface area contributed by atoms with Gasteiger partial charge in [0.25, 0.3) is 0 Å². The molecule has 0 fully saturated rings. The summed E-state index contributed by atoms with van der Waals surface area (Å²) in [6.07, 6.45) is 0. The summed E-state index contributed by atoms with van der Waals surface area (Å²) in [5.41, 5.74) is 1.99. The van der Waals surface area contributed by atoms with E-state index in [1.54, 1.807) is 24.5 Å². The lowest BCUT2D eigenvalue weighted by Gasteiger charge is -2.18. The van der Waals surface area contributed by atoms with Crippen molar-refractivity contribution < 1.29 is 4.74 Å². The van der Waals surface area contributed by atoms with Crippen molar-refractivity contribution in [1.29, 1.82) is 0 Å². The minimum atomic E-state index is -0.0799. The van der Waals surface area contributed by atoms with E-state index in [-0.39, 0.29) is 6.04 Å². The van der Waals surface area contributed by atoms with E-state index >= 15 is 0 Å². The summed E-state index contributed by atoms with van der Waals surface area (Å²) in [7, 11) is 1.68. The van der Waals surface area contributed by atoms with Gasteiger partial charge < -0.3 is 10.1 Å². The topological polar surface area (TPSA) is 34.1 Å². The number of thiazole rings is 1. The molecular formula is C15H18Cl2N2OS. The van der Waals surface area contributed by atoms with Gasteiger partial charge >= 0.3 is 0 Å². The van der Waals surface area contributed by atoms with Crippen LogP contribution in [0.2, 0.25) is 10.0 Å². The van der Waals surface area contributed by atoms with E-state index in [1.807, 2.05) is 19.1 Å². The van der Waals surface area contributed by atoms with Gasteiger partial charge in [0.2, 0.25) is 0 Å². The van der Waals surface area contributed by atoms with Gasteiger partial charge in [-0.3, -0.25) is 0 Å². The summed E-state index contributed by atoms with van der Waals surface area (Å²) in [6.45, 7) is 5.42. The Balaban J connectivity index is 2.37. The molecule has 2 rings (SSSR count). The number of aryl methyl sites for hydroxylation is 2. The van der Waals surface area contributed by atoms with Crippen LogP contribution in [0.4, 0.5) is 0 Å². The van der Waals surface area contributed by atoms with Crippen LogP contribution in [-0.4, -0.2) is 25.2 Å². The Morgan fingerprint density at radius 1 is 1.33 bits per heavy atom. The molecule has 0 radical (unpaired) electrons. The quantitative estimate of drug-likeness (QED) is 0.789. The van der Waals surface area contributed by atoms with Crippen LogP contribution < -0.4 is 5.32 Å². The highest BCUT2D eigenvalue weighted by molar-refractivity contribution is 7.11. The zero-order valence-electron chi connectivity index (χ0n) is 12.2. The third kappa shape index (κ3) is 3.96. The van der Waals surface area contributed by atoms with Crippen LogP contribution in [0.25, 0.3) is 0 Å². The van der Waals surface area contributed by atoms with Crippen LogP contribution >= 0.6 is 34.5 Å². The van der Waals surface area contributed by atoms with Crippen LogP contribution in [0.15, 0.2) is 18.2 Å². The van der Waals surface area contributed by atoms with Gasteiger partial charge in [-0.2, -0.15) is 0 Å². The van der Waals surface area contributed by atoms with Crippen molar-refractivity contribution in [1.82, 2.24) is 10.3 Å². The standard InChI is InChI=1S/C15H18Cl2N2OS/c1-9-10(2)21-15(19-9)14(18-7-8-20-3)11-5-4-6-12(16)13(11)17/h4-6,14,18H,7-8H2,1-3H3. The van der Waals surface area contributed by atoms with Gasteiger partial charge in [-0.05, 0) is 25.5 Å². The Hall–Kier alpha value is -0.650. The van der Waals surface area contributed by atoms with E-state index in [9.17, 15) is 0 Å². The van der Waals surface area contributed by atoms with Crippen LogP contribution in [0, 0.1) is 13.8 Å². The maximum absolute atomic E-state index is 6.37. The predicted octanol–water partition coefficient (Wildman–Crippen LogP) is 4.39. The van der Waals surface area contributed by atoms with Crippen LogP contribution in [-0.2, 0) is 4.74 Å². The number of rotatable bonds is 6. The number of nitrogens with one attached hydrogen (secondary N) is 1. The molecule has 114 valence electrons. The predicted molar refractivity (Wildman–Crippen MR) is 89.8 cm³/mol. The Morgan fingerprint density at radius 3 is 2.71 bits per heavy atom. The maximum atomic E-state index is 6.37. The first-order valence-corrected chi connectivity index (χ1v) is 8.22. The normalized spacial score (nSPS) is 12.6. The molecule has 1 N–H and O–H groups in total. The van der Waals surface area contributed by atoms with Crippen LogP contribution in [0.3, 0.4) is 0 Å². The van der Waals surface area contributed by atoms with E-state index in [1.165, 1.54) is 4.88 Å². The van der Waals surface area contributed by atoms with Crippen molar-refractivity contribution in [3.05, 3.63) is 49.4 Å². The molecule has 0 aliphatic heterocycles. The number of halogens is 2. The zero-order valence-corrected chi connectivity index (χ0v) is 14.6. The molecule has 21 heavy (non-hydrogen) atoms. The molecule has 6 heteroatoms. The first kappa shape index (κ1) is 16.7. The summed E-state index contributed by atoms with van der Waals surface area (Å²) in [5, 5.41) is 5.56. The smallest absolute Gasteiger partial charge is 0.115 e. The summed E-state index contributed by atoms with van der Waals surface area (Å²) in [4.78, 5) is 5.86. The molecule has 2 aromatic rings. The van der Waals surface area contributed by atoms with E-state index in [2.05, 4.69) is 17.2 Å². The second kappa shape index (κ2) is 7.56. The molecule has 0 aliphatic rings.